The maximum Gasteiger partial charge on any atom is 0.164 e. The fourth-order valence-corrected chi connectivity index (χ4v) is 7.24. The highest BCUT2D eigenvalue weighted by atomic mass is 16.3. The predicted molar refractivity (Wildman–Crippen MR) is 201 cm³/mol. The summed E-state index contributed by atoms with van der Waals surface area (Å²) in [4.78, 5) is 15.5. The number of benzene rings is 8. The number of para-hydroxylation sites is 1. The molecule has 8 aromatic carbocycles. The minimum absolute atomic E-state index is 0.622. The maximum absolute atomic E-state index is 6.22. The van der Waals surface area contributed by atoms with Gasteiger partial charge in [0.1, 0.15) is 11.2 Å². The van der Waals surface area contributed by atoms with Crippen molar-refractivity contribution in [1.29, 1.82) is 0 Å². The van der Waals surface area contributed by atoms with Crippen molar-refractivity contribution in [2.24, 2.45) is 0 Å². The molecule has 4 nitrogen and oxygen atoms in total. The van der Waals surface area contributed by atoms with Crippen molar-refractivity contribution in [2.75, 3.05) is 0 Å². The average Bonchev–Trinajstić information content (AvgIpc) is 3.57. The Labute approximate surface area is 282 Å². The van der Waals surface area contributed by atoms with Gasteiger partial charge in [-0.2, -0.15) is 0 Å². The van der Waals surface area contributed by atoms with Crippen LogP contribution in [0.2, 0.25) is 0 Å². The molecule has 228 valence electrons. The Morgan fingerprint density at radius 2 is 0.959 bits per heavy atom. The summed E-state index contributed by atoms with van der Waals surface area (Å²) in [6.07, 6.45) is 0. The number of aromatic nitrogens is 3. The molecule has 2 heterocycles. The van der Waals surface area contributed by atoms with Gasteiger partial charge in [0.15, 0.2) is 17.5 Å². The molecule has 0 saturated carbocycles. The van der Waals surface area contributed by atoms with Gasteiger partial charge < -0.3 is 4.42 Å². The van der Waals surface area contributed by atoms with Crippen LogP contribution in [0.25, 0.3) is 99.5 Å². The molecule has 10 aromatic rings. The van der Waals surface area contributed by atoms with E-state index >= 15 is 0 Å². The summed E-state index contributed by atoms with van der Waals surface area (Å²) in [6.45, 7) is 0. The summed E-state index contributed by atoms with van der Waals surface area (Å²) < 4.78 is 6.22. The molecule has 0 bridgehead atoms. The Balaban J connectivity index is 1.24. The van der Waals surface area contributed by atoms with E-state index in [1.54, 1.807) is 0 Å². The van der Waals surface area contributed by atoms with Crippen molar-refractivity contribution in [3.05, 3.63) is 164 Å². The molecule has 0 unspecified atom stereocenters. The number of hydrogen-bond donors (Lipinski definition) is 0. The highest BCUT2D eigenvalue weighted by Gasteiger charge is 2.19. The predicted octanol–water partition coefficient (Wildman–Crippen LogP) is 11.9. The van der Waals surface area contributed by atoms with Crippen LogP contribution in [0.3, 0.4) is 0 Å². The average molecular weight is 626 g/mol. The van der Waals surface area contributed by atoms with Crippen LogP contribution in [0.1, 0.15) is 0 Å². The number of rotatable bonds is 4. The Hall–Kier alpha value is -6.65. The molecule has 10 rings (SSSR count). The lowest BCUT2D eigenvalue weighted by atomic mass is 9.92. The molecule has 0 saturated heterocycles. The van der Waals surface area contributed by atoms with E-state index in [2.05, 4.69) is 127 Å². The number of nitrogens with zero attached hydrogens (tertiary/aromatic N) is 3. The summed E-state index contributed by atoms with van der Waals surface area (Å²) in [5.41, 5.74) is 6.76. The van der Waals surface area contributed by atoms with Crippen molar-refractivity contribution >= 4 is 54.3 Å². The zero-order valence-corrected chi connectivity index (χ0v) is 26.3. The van der Waals surface area contributed by atoms with Crippen molar-refractivity contribution in [3.63, 3.8) is 0 Å². The molecule has 2 aromatic heterocycles. The van der Waals surface area contributed by atoms with Gasteiger partial charge in [0.2, 0.25) is 0 Å². The monoisotopic (exact) mass is 625 g/mol. The lowest BCUT2D eigenvalue weighted by molar-refractivity contribution is 0.669. The molecule has 0 aliphatic rings. The minimum Gasteiger partial charge on any atom is -0.456 e. The summed E-state index contributed by atoms with van der Waals surface area (Å²) in [5.74, 6) is 1.90. The lowest BCUT2D eigenvalue weighted by Crippen LogP contribution is -2.01. The van der Waals surface area contributed by atoms with E-state index in [1.807, 2.05) is 36.4 Å². The Kier molecular flexibility index (Phi) is 6.15. The third-order valence-corrected chi connectivity index (χ3v) is 9.49. The molecular weight excluding hydrogens is 599 g/mol. The molecule has 4 heteroatoms. The number of fused-ring (bicyclic) bond motifs is 8. The zero-order valence-electron chi connectivity index (χ0n) is 26.3. The summed E-state index contributed by atoms with van der Waals surface area (Å²) in [7, 11) is 0. The Morgan fingerprint density at radius 1 is 0.327 bits per heavy atom. The van der Waals surface area contributed by atoms with Crippen LogP contribution in [0.5, 0.6) is 0 Å². The number of furan rings is 1. The SMILES string of the molecule is c1ccc(-c2nc(-c3cccc(-c4cccc5oc6ccccc6c45)c3)nc(-c3cc4ccccc4c4ccc5ccccc5c34)n2)cc1. The highest BCUT2D eigenvalue weighted by Crippen LogP contribution is 2.40. The van der Waals surface area contributed by atoms with Crippen LogP contribution in [0.15, 0.2) is 168 Å². The lowest BCUT2D eigenvalue weighted by Gasteiger charge is -2.14. The first-order chi connectivity index (χ1) is 24.3. The van der Waals surface area contributed by atoms with Crippen LogP contribution in [0.4, 0.5) is 0 Å². The van der Waals surface area contributed by atoms with Gasteiger partial charge in [-0.1, -0.05) is 140 Å². The van der Waals surface area contributed by atoms with Crippen LogP contribution >= 0.6 is 0 Å². The number of hydrogen-bond acceptors (Lipinski definition) is 4. The van der Waals surface area contributed by atoms with E-state index in [4.69, 9.17) is 19.4 Å². The van der Waals surface area contributed by atoms with Crippen LogP contribution in [-0.2, 0) is 0 Å². The quantitative estimate of drug-likeness (QED) is 0.183. The first-order valence-electron chi connectivity index (χ1n) is 16.4. The van der Waals surface area contributed by atoms with Gasteiger partial charge in [0, 0.05) is 32.8 Å². The fraction of sp³-hybridized carbons (Fsp3) is 0. The maximum atomic E-state index is 6.22. The molecular formula is C45H27N3O. The van der Waals surface area contributed by atoms with Gasteiger partial charge in [-0.3, -0.25) is 0 Å². The van der Waals surface area contributed by atoms with Crippen molar-refractivity contribution in [2.45, 2.75) is 0 Å². The second-order valence-electron chi connectivity index (χ2n) is 12.4. The third-order valence-electron chi connectivity index (χ3n) is 9.49. The Bertz CT molecular complexity index is 2890. The van der Waals surface area contributed by atoms with Gasteiger partial charge in [-0.05, 0) is 62.3 Å². The minimum atomic E-state index is 0.622. The fourth-order valence-electron chi connectivity index (χ4n) is 7.24. The summed E-state index contributed by atoms with van der Waals surface area (Å²) in [6, 6.07) is 56.9. The van der Waals surface area contributed by atoms with E-state index in [0.29, 0.717) is 17.5 Å². The molecule has 0 atom stereocenters. The normalized spacial score (nSPS) is 11.7. The molecule has 0 N–H and O–H groups in total. The smallest absolute Gasteiger partial charge is 0.164 e. The molecule has 0 fully saturated rings. The van der Waals surface area contributed by atoms with E-state index in [9.17, 15) is 0 Å². The highest BCUT2D eigenvalue weighted by molar-refractivity contribution is 6.22. The van der Waals surface area contributed by atoms with E-state index in [0.717, 1.165) is 60.5 Å². The zero-order chi connectivity index (χ0) is 32.3. The molecule has 0 radical (unpaired) electrons. The second-order valence-corrected chi connectivity index (χ2v) is 12.4. The van der Waals surface area contributed by atoms with E-state index in [-0.39, 0.29) is 0 Å². The largest absolute Gasteiger partial charge is 0.456 e. The molecule has 0 amide bonds. The topological polar surface area (TPSA) is 51.8 Å². The molecule has 0 aliphatic carbocycles. The first-order valence-corrected chi connectivity index (χ1v) is 16.4. The molecule has 0 spiro atoms. The van der Waals surface area contributed by atoms with Crippen LogP contribution in [-0.4, -0.2) is 15.0 Å². The van der Waals surface area contributed by atoms with Gasteiger partial charge in [-0.15, -0.1) is 0 Å². The molecule has 0 aliphatic heterocycles. The Morgan fingerprint density at radius 3 is 1.84 bits per heavy atom. The second kappa shape index (κ2) is 11.0. The van der Waals surface area contributed by atoms with Crippen LogP contribution in [0, 0.1) is 0 Å². The molecule has 49 heavy (non-hydrogen) atoms. The van der Waals surface area contributed by atoms with Crippen LogP contribution < -0.4 is 0 Å². The standard InChI is InChI=1S/C45H27N3O/c1-2-13-29(14-3-1)43-46-44(32-17-10-16-30(26-32)35-21-11-23-40-42(35)37-20-8-9-22-39(37)49-40)48-45(47-43)38-27-31-15-5-6-18-33(31)36-25-24-28-12-4-7-19-34(28)41(36)38/h1-27H. The summed E-state index contributed by atoms with van der Waals surface area (Å²) in [5, 5.41) is 9.22. The van der Waals surface area contributed by atoms with E-state index in [1.165, 1.54) is 21.5 Å². The van der Waals surface area contributed by atoms with Gasteiger partial charge in [0.05, 0.1) is 0 Å². The van der Waals surface area contributed by atoms with E-state index < -0.39 is 0 Å². The van der Waals surface area contributed by atoms with Crippen molar-refractivity contribution in [1.82, 2.24) is 15.0 Å². The summed E-state index contributed by atoms with van der Waals surface area (Å²) >= 11 is 0. The van der Waals surface area contributed by atoms with Crippen molar-refractivity contribution < 1.29 is 4.42 Å². The van der Waals surface area contributed by atoms with Gasteiger partial charge in [0.25, 0.3) is 0 Å². The van der Waals surface area contributed by atoms with Gasteiger partial charge >= 0.3 is 0 Å². The first kappa shape index (κ1) is 27.5. The third kappa shape index (κ3) is 4.49. The van der Waals surface area contributed by atoms with Gasteiger partial charge in [-0.25, -0.2) is 15.0 Å². The van der Waals surface area contributed by atoms with Crippen molar-refractivity contribution in [3.8, 4) is 45.3 Å².